The molecule has 0 saturated heterocycles. The molecular formula is C11H8F3NOS. The number of benzene rings is 1. The summed E-state index contributed by atoms with van der Waals surface area (Å²) in [5.74, 6) is -4.26. The number of aliphatic hydroxyl groups excluding tert-OH is 1. The summed E-state index contributed by atoms with van der Waals surface area (Å²) in [6, 6.07) is 1.78. The van der Waals surface area contributed by atoms with Gasteiger partial charge in [-0.25, -0.2) is 18.2 Å². The van der Waals surface area contributed by atoms with Crippen molar-refractivity contribution in [2.24, 2.45) is 0 Å². The lowest BCUT2D eigenvalue weighted by molar-refractivity contribution is 0.212. The van der Waals surface area contributed by atoms with E-state index in [2.05, 4.69) is 4.98 Å². The number of rotatable bonds is 2. The van der Waals surface area contributed by atoms with Crippen molar-refractivity contribution in [1.82, 2.24) is 4.98 Å². The average Bonchev–Trinajstić information content (AvgIpc) is 2.72. The van der Waals surface area contributed by atoms with Crippen molar-refractivity contribution >= 4 is 11.3 Å². The molecule has 0 fully saturated rings. The smallest absolute Gasteiger partial charge is 0.194 e. The predicted octanol–water partition coefficient (Wildman–Crippen LogP) is 2.95. The SMILES string of the molecule is Cc1csc(C(O)c2ccc(F)c(F)c2F)n1. The van der Waals surface area contributed by atoms with Crippen molar-refractivity contribution in [2.75, 3.05) is 0 Å². The average molecular weight is 259 g/mol. The zero-order chi connectivity index (χ0) is 12.6. The van der Waals surface area contributed by atoms with E-state index in [1.807, 2.05) is 0 Å². The van der Waals surface area contributed by atoms with Gasteiger partial charge in [0.25, 0.3) is 0 Å². The van der Waals surface area contributed by atoms with E-state index in [4.69, 9.17) is 0 Å². The van der Waals surface area contributed by atoms with Gasteiger partial charge in [-0.15, -0.1) is 11.3 Å². The summed E-state index contributed by atoms with van der Waals surface area (Å²) in [6.07, 6.45) is -1.39. The summed E-state index contributed by atoms with van der Waals surface area (Å²) in [5.41, 5.74) is 0.352. The molecular weight excluding hydrogens is 251 g/mol. The lowest BCUT2D eigenvalue weighted by atomic mass is 10.1. The van der Waals surface area contributed by atoms with Gasteiger partial charge in [0.2, 0.25) is 0 Å². The lowest BCUT2D eigenvalue weighted by Gasteiger charge is -2.09. The number of aliphatic hydroxyl groups is 1. The van der Waals surface area contributed by atoms with Crippen LogP contribution in [-0.4, -0.2) is 10.1 Å². The Balaban J connectivity index is 2.44. The third-order valence-corrected chi connectivity index (χ3v) is 3.25. The second-order valence-corrected chi connectivity index (χ2v) is 4.38. The van der Waals surface area contributed by atoms with E-state index in [-0.39, 0.29) is 10.6 Å². The van der Waals surface area contributed by atoms with Crippen LogP contribution in [0, 0.1) is 24.4 Å². The van der Waals surface area contributed by atoms with Crippen LogP contribution in [0.1, 0.15) is 22.4 Å². The predicted molar refractivity (Wildman–Crippen MR) is 57.2 cm³/mol. The fourth-order valence-corrected chi connectivity index (χ4v) is 2.18. The van der Waals surface area contributed by atoms with Gasteiger partial charge in [-0.2, -0.15) is 0 Å². The van der Waals surface area contributed by atoms with Crippen molar-refractivity contribution in [1.29, 1.82) is 0 Å². The maximum absolute atomic E-state index is 13.4. The van der Waals surface area contributed by atoms with Crippen LogP contribution < -0.4 is 0 Å². The first-order chi connectivity index (χ1) is 8.00. The first-order valence-electron chi connectivity index (χ1n) is 4.74. The van der Waals surface area contributed by atoms with Gasteiger partial charge in [0.1, 0.15) is 11.1 Å². The third kappa shape index (κ3) is 2.18. The van der Waals surface area contributed by atoms with Crippen LogP contribution >= 0.6 is 11.3 Å². The zero-order valence-electron chi connectivity index (χ0n) is 8.75. The van der Waals surface area contributed by atoms with Crippen molar-refractivity contribution in [3.63, 3.8) is 0 Å². The Kier molecular flexibility index (Phi) is 3.17. The molecule has 0 aliphatic heterocycles. The maximum atomic E-state index is 13.4. The molecule has 2 nitrogen and oxygen atoms in total. The highest BCUT2D eigenvalue weighted by atomic mass is 32.1. The van der Waals surface area contributed by atoms with E-state index >= 15 is 0 Å². The fraction of sp³-hybridized carbons (Fsp3) is 0.182. The van der Waals surface area contributed by atoms with Gasteiger partial charge in [-0.05, 0) is 19.1 Å². The number of aromatic nitrogens is 1. The summed E-state index contributed by atoms with van der Waals surface area (Å²) in [5, 5.41) is 11.7. The Hall–Kier alpha value is -1.40. The molecule has 2 rings (SSSR count). The van der Waals surface area contributed by atoms with E-state index in [0.29, 0.717) is 5.69 Å². The molecule has 0 amide bonds. The highest BCUT2D eigenvalue weighted by Crippen LogP contribution is 2.28. The van der Waals surface area contributed by atoms with E-state index < -0.39 is 23.6 Å². The first kappa shape index (κ1) is 12.1. The van der Waals surface area contributed by atoms with E-state index in [1.165, 1.54) is 0 Å². The molecule has 0 aliphatic rings. The number of aryl methyl sites for hydroxylation is 1. The number of nitrogens with zero attached hydrogens (tertiary/aromatic N) is 1. The van der Waals surface area contributed by atoms with Gasteiger partial charge in [0.15, 0.2) is 17.5 Å². The van der Waals surface area contributed by atoms with Gasteiger partial charge in [0, 0.05) is 16.6 Å². The van der Waals surface area contributed by atoms with Crippen LogP contribution in [0.2, 0.25) is 0 Å². The Morgan fingerprint density at radius 3 is 2.53 bits per heavy atom. The zero-order valence-corrected chi connectivity index (χ0v) is 9.56. The Bertz CT molecular complexity index is 556. The lowest BCUT2D eigenvalue weighted by Crippen LogP contribution is -2.05. The van der Waals surface area contributed by atoms with Crippen LogP contribution in [0.4, 0.5) is 13.2 Å². The molecule has 1 heterocycles. The van der Waals surface area contributed by atoms with Gasteiger partial charge in [-0.3, -0.25) is 0 Å². The van der Waals surface area contributed by atoms with E-state index in [1.54, 1.807) is 12.3 Å². The summed E-state index contributed by atoms with van der Waals surface area (Å²) >= 11 is 1.13. The highest BCUT2D eigenvalue weighted by Gasteiger charge is 2.22. The molecule has 17 heavy (non-hydrogen) atoms. The summed E-state index contributed by atoms with van der Waals surface area (Å²) < 4.78 is 39.1. The van der Waals surface area contributed by atoms with Gasteiger partial charge < -0.3 is 5.11 Å². The van der Waals surface area contributed by atoms with Crippen LogP contribution in [0.15, 0.2) is 17.5 Å². The van der Waals surface area contributed by atoms with Crippen LogP contribution in [0.25, 0.3) is 0 Å². The molecule has 0 saturated carbocycles. The molecule has 2 aromatic rings. The molecule has 0 bridgehead atoms. The largest absolute Gasteiger partial charge is 0.381 e. The highest BCUT2D eigenvalue weighted by molar-refractivity contribution is 7.09. The van der Waals surface area contributed by atoms with Gasteiger partial charge in [0.05, 0.1) is 0 Å². The van der Waals surface area contributed by atoms with Crippen molar-refractivity contribution in [3.05, 3.63) is 51.2 Å². The quantitative estimate of drug-likeness (QED) is 0.841. The normalized spacial score (nSPS) is 12.8. The number of halogens is 3. The molecule has 0 radical (unpaired) electrons. The minimum Gasteiger partial charge on any atom is -0.381 e. The third-order valence-electron chi connectivity index (χ3n) is 2.23. The number of hydrogen-bond acceptors (Lipinski definition) is 3. The molecule has 1 N–H and O–H groups in total. The second kappa shape index (κ2) is 4.46. The molecule has 1 aromatic heterocycles. The minimum absolute atomic E-state index is 0.243. The molecule has 6 heteroatoms. The molecule has 1 atom stereocenters. The number of hydrogen-bond donors (Lipinski definition) is 1. The Morgan fingerprint density at radius 1 is 1.24 bits per heavy atom. The van der Waals surface area contributed by atoms with Crippen LogP contribution in [0.5, 0.6) is 0 Å². The first-order valence-corrected chi connectivity index (χ1v) is 5.62. The van der Waals surface area contributed by atoms with E-state index in [0.717, 1.165) is 23.5 Å². The maximum Gasteiger partial charge on any atom is 0.194 e. The standard InChI is InChI=1S/C11H8F3NOS/c1-5-4-17-11(15-5)10(16)6-2-3-7(12)9(14)8(6)13/h2-4,10,16H,1H3. The van der Waals surface area contributed by atoms with Gasteiger partial charge >= 0.3 is 0 Å². The summed E-state index contributed by atoms with van der Waals surface area (Å²) in [7, 11) is 0. The van der Waals surface area contributed by atoms with E-state index in [9.17, 15) is 18.3 Å². The minimum atomic E-state index is -1.59. The molecule has 90 valence electrons. The Labute approximate surface area is 99.4 Å². The van der Waals surface area contributed by atoms with Crippen molar-refractivity contribution in [2.45, 2.75) is 13.0 Å². The van der Waals surface area contributed by atoms with Crippen molar-refractivity contribution in [3.8, 4) is 0 Å². The number of thiazole rings is 1. The summed E-state index contributed by atoms with van der Waals surface area (Å²) in [4.78, 5) is 3.97. The fourth-order valence-electron chi connectivity index (χ4n) is 1.38. The van der Waals surface area contributed by atoms with Crippen LogP contribution in [0.3, 0.4) is 0 Å². The van der Waals surface area contributed by atoms with Crippen molar-refractivity contribution < 1.29 is 18.3 Å². The topological polar surface area (TPSA) is 33.1 Å². The summed E-state index contributed by atoms with van der Waals surface area (Å²) in [6.45, 7) is 1.72. The Morgan fingerprint density at radius 2 is 1.94 bits per heavy atom. The van der Waals surface area contributed by atoms with Gasteiger partial charge in [-0.1, -0.05) is 0 Å². The van der Waals surface area contributed by atoms with Crippen LogP contribution in [-0.2, 0) is 0 Å². The monoisotopic (exact) mass is 259 g/mol. The molecule has 0 spiro atoms. The molecule has 1 aromatic carbocycles. The second-order valence-electron chi connectivity index (χ2n) is 3.49. The molecule has 0 aliphatic carbocycles. The molecule has 1 unspecified atom stereocenters.